The minimum Gasteiger partial charge on any atom is -0.481 e. The van der Waals surface area contributed by atoms with Crippen LogP contribution in [0.25, 0.3) is 0 Å². The zero-order valence-electron chi connectivity index (χ0n) is 12.2. The molecule has 1 aliphatic carbocycles. The van der Waals surface area contributed by atoms with Gasteiger partial charge in [-0.1, -0.05) is 12.2 Å². The maximum absolute atomic E-state index is 11.0. The third-order valence-corrected chi connectivity index (χ3v) is 3.72. The van der Waals surface area contributed by atoms with E-state index in [-0.39, 0.29) is 17.9 Å². The number of aliphatic imine (C=N–C) groups is 2. The van der Waals surface area contributed by atoms with E-state index >= 15 is 0 Å². The molecule has 10 heteroatoms. The molecule has 1 fully saturated rings. The number of carbonyl (C=O) groups is 2. The molecule has 24 heavy (non-hydrogen) atoms. The van der Waals surface area contributed by atoms with E-state index in [2.05, 4.69) is 21.4 Å². The fourth-order valence-corrected chi connectivity index (χ4v) is 2.59. The molecule has 2 heterocycles. The molecule has 130 valence electrons. The second-order valence-electron chi connectivity index (χ2n) is 5.32. The Bertz CT molecular complexity index is 652. The molecular formula is C14H14F3N3O4. The first-order valence-electron chi connectivity index (χ1n) is 6.95. The molecule has 2 aliphatic heterocycles. The van der Waals surface area contributed by atoms with Gasteiger partial charge in [-0.25, -0.2) is 14.8 Å². The molecule has 0 spiro atoms. The van der Waals surface area contributed by atoms with Gasteiger partial charge in [0.05, 0.1) is 23.4 Å². The van der Waals surface area contributed by atoms with Gasteiger partial charge >= 0.3 is 18.1 Å². The Labute approximate surface area is 134 Å². The molecule has 0 amide bonds. The van der Waals surface area contributed by atoms with Crippen molar-refractivity contribution in [1.29, 1.82) is 0 Å². The number of alkyl halides is 3. The summed E-state index contributed by atoms with van der Waals surface area (Å²) in [6.45, 7) is 0.497. The number of halogens is 3. The maximum atomic E-state index is 11.0. The first kappa shape index (κ1) is 17.9. The second-order valence-corrected chi connectivity index (χ2v) is 5.32. The van der Waals surface area contributed by atoms with Crippen LogP contribution in [0.4, 0.5) is 13.2 Å². The normalized spacial score (nSPS) is 27.7. The van der Waals surface area contributed by atoms with E-state index < -0.39 is 18.1 Å². The Morgan fingerprint density at radius 2 is 1.96 bits per heavy atom. The zero-order chi connectivity index (χ0) is 17.9. The van der Waals surface area contributed by atoms with Crippen LogP contribution in [0.1, 0.15) is 6.42 Å². The van der Waals surface area contributed by atoms with Gasteiger partial charge in [-0.15, -0.1) is 0 Å². The van der Waals surface area contributed by atoms with Crippen LogP contribution in [0, 0.1) is 11.8 Å². The van der Waals surface area contributed by atoms with E-state index in [1.807, 2.05) is 12.2 Å². The summed E-state index contributed by atoms with van der Waals surface area (Å²) < 4.78 is 31.7. The van der Waals surface area contributed by atoms with Crippen LogP contribution < -0.4 is 5.32 Å². The van der Waals surface area contributed by atoms with Crippen LogP contribution in [0.3, 0.4) is 0 Å². The highest BCUT2D eigenvalue weighted by atomic mass is 19.4. The standard InChI is InChI=1S/C12H13N3O2.C2HF3O2/c16-12(17)8-4-7-2-1-3-9-11(15-6-14-9)10(7)13-5-8;3-2(4,5)1(6)7/h1-3,6-8,10,13H,4-5H2,(H,16,17);(H,6,7). The fourth-order valence-electron chi connectivity index (χ4n) is 2.59. The molecule has 0 aromatic heterocycles. The number of piperidine rings is 1. The molecule has 3 aliphatic rings. The highest BCUT2D eigenvalue weighted by Crippen LogP contribution is 2.28. The summed E-state index contributed by atoms with van der Waals surface area (Å²) in [5.74, 6) is -3.62. The molecule has 0 aromatic carbocycles. The Morgan fingerprint density at radius 3 is 2.54 bits per heavy atom. The van der Waals surface area contributed by atoms with Crippen LogP contribution >= 0.6 is 0 Å². The highest BCUT2D eigenvalue weighted by Gasteiger charge is 2.38. The van der Waals surface area contributed by atoms with Crippen LogP contribution in [0.5, 0.6) is 0 Å². The number of nitrogens with zero attached hydrogens (tertiary/aromatic N) is 2. The van der Waals surface area contributed by atoms with E-state index in [0.717, 1.165) is 11.4 Å². The van der Waals surface area contributed by atoms with Gasteiger partial charge in [0, 0.05) is 6.54 Å². The zero-order valence-corrected chi connectivity index (χ0v) is 12.2. The minimum absolute atomic E-state index is 0.0955. The van der Waals surface area contributed by atoms with Crippen LogP contribution in [-0.4, -0.2) is 53.0 Å². The van der Waals surface area contributed by atoms with Gasteiger partial charge in [-0.2, -0.15) is 13.2 Å². The fraction of sp³-hybridized carbons (Fsp3) is 0.429. The summed E-state index contributed by atoms with van der Waals surface area (Å²) in [5.41, 5.74) is 1.82. The molecular weight excluding hydrogens is 331 g/mol. The van der Waals surface area contributed by atoms with Crippen molar-refractivity contribution in [2.24, 2.45) is 21.8 Å². The van der Waals surface area contributed by atoms with Crippen molar-refractivity contribution in [3.63, 3.8) is 0 Å². The Hall–Kier alpha value is -2.49. The van der Waals surface area contributed by atoms with Crippen molar-refractivity contribution < 1.29 is 33.0 Å². The maximum Gasteiger partial charge on any atom is 0.490 e. The van der Waals surface area contributed by atoms with Crippen LogP contribution in [-0.2, 0) is 9.59 Å². The molecule has 3 atom stereocenters. The summed E-state index contributed by atoms with van der Waals surface area (Å²) in [7, 11) is 0. The molecule has 3 rings (SSSR count). The predicted molar refractivity (Wildman–Crippen MR) is 77.9 cm³/mol. The lowest BCUT2D eigenvalue weighted by atomic mass is 9.82. The van der Waals surface area contributed by atoms with Gasteiger partial charge in [0.1, 0.15) is 6.34 Å². The van der Waals surface area contributed by atoms with E-state index in [1.165, 1.54) is 0 Å². The minimum atomic E-state index is -5.08. The third kappa shape index (κ3) is 4.07. The summed E-state index contributed by atoms with van der Waals surface area (Å²) in [6, 6.07) is 0.0955. The summed E-state index contributed by atoms with van der Waals surface area (Å²) in [5, 5.41) is 19.5. The number of carboxylic acid groups (broad SMARTS) is 2. The van der Waals surface area contributed by atoms with E-state index in [4.69, 9.17) is 15.0 Å². The molecule has 0 aromatic rings. The average Bonchev–Trinajstić information content (AvgIpc) is 2.88. The van der Waals surface area contributed by atoms with Crippen molar-refractivity contribution in [1.82, 2.24) is 5.32 Å². The van der Waals surface area contributed by atoms with Gasteiger partial charge in [0.15, 0.2) is 0 Å². The van der Waals surface area contributed by atoms with Crippen molar-refractivity contribution in [2.45, 2.75) is 18.6 Å². The number of nitrogens with one attached hydrogen (secondary N) is 1. The van der Waals surface area contributed by atoms with Gasteiger partial charge in [0.2, 0.25) is 0 Å². The first-order valence-corrected chi connectivity index (χ1v) is 6.95. The van der Waals surface area contributed by atoms with Crippen LogP contribution in [0.2, 0.25) is 0 Å². The first-order chi connectivity index (χ1) is 11.2. The SMILES string of the molecule is O=C(O)C(F)(F)F.O=C(O)C1CNC2C3=NC=NC3=CC=CC2C1. The average molecular weight is 345 g/mol. The molecule has 3 N–H and O–H groups in total. The van der Waals surface area contributed by atoms with E-state index in [0.29, 0.717) is 13.0 Å². The summed E-state index contributed by atoms with van der Waals surface area (Å²) >= 11 is 0. The lowest BCUT2D eigenvalue weighted by molar-refractivity contribution is -0.192. The van der Waals surface area contributed by atoms with Crippen molar-refractivity contribution in [3.8, 4) is 0 Å². The van der Waals surface area contributed by atoms with Crippen LogP contribution in [0.15, 0.2) is 33.9 Å². The number of hydrogen-bond donors (Lipinski definition) is 3. The summed E-state index contributed by atoms with van der Waals surface area (Å²) in [4.78, 5) is 28.4. The Morgan fingerprint density at radius 1 is 1.29 bits per heavy atom. The summed E-state index contributed by atoms with van der Waals surface area (Å²) in [6.07, 6.45) is 3.06. The van der Waals surface area contributed by atoms with Crippen molar-refractivity contribution in [3.05, 3.63) is 23.9 Å². The molecule has 0 radical (unpaired) electrons. The van der Waals surface area contributed by atoms with Gasteiger partial charge < -0.3 is 15.5 Å². The number of hydrogen-bond acceptors (Lipinski definition) is 5. The Kier molecular flexibility index (Phi) is 5.17. The number of carboxylic acids is 2. The molecule has 7 nitrogen and oxygen atoms in total. The van der Waals surface area contributed by atoms with E-state index in [9.17, 15) is 18.0 Å². The highest BCUT2D eigenvalue weighted by molar-refractivity contribution is 6.11. The number of aliphatic carboxylic acids is 2. The Balaban J connectivity index is 0.000000256. The second kappa shape index (κ2) is 6.95. The quantitative estimate of drug-likeness (QED) is 0.662. The topological polar surface area (TPSA) is 111 Å². The lowest BCUT2D eigenvalue weighted by Crippen LogP contribution is -2.50. The van der Waals surface area contributed by atoms with Gasteiger partial charge in [0.25, 0.3) is 0 Å². The van der Waals surface area contributed by atoms with E-state index in [1.54, 1.807) is 6.34 Å². The lowest BCUT2D eigenvalue weighted by Gasteiger charge is -2.33. The molecule has 3 unspecified atom stereocenters. The molecule has 1 saturated heterocycles. The van der Waals surface area contributed by atoms with Gasteiger partial charge in [-0.3, -0.25) is 4.79 Å². The number of fused-ring (bicyclic) bond motifs is 3. The van der Waals surface area contributed by atoms with Gasteiger partial charge in [-0.05, 0) is 18.4 Å². The largest absolute Gasteiger partial charge is 0.490 e. The number of allylic oxidation sites excluding steroid dienone is 2. The third-order valence-electron chi connectivity index (χ3n) is 3.72. The van der Waals surface area contributed by atoms with Crippen molar-refractivity contribution >= 4 is 24.0 Å². The van der Waals surface area contributed by atoms with Crippen molar-refractivity contribution in [2.75, 3.05) is 6.54 Å². The number of rotatable bonds is 1. The molecule has 0 saturated carbocycles. The smallest absolute Gasteiger partial charge is 0.481 e. The predicted octanol–water partition coefficient (Wildman–Crippen LogP) is 1.24. The molecule has 0 bridgehead atoms. The monoisotopic (exact) mass is 345 g/mol.